The van der Waals surface area contributed by atoms with Crippen molar-refractivity contribution in [3.05, 3.63) is 58.3 Å². The average Bonchev–Trinajstić information content (AvgIpc) is 2.63. The van der Waals surface area contributed by atoms with Crippen molar-refractivity contribution < 1.29 is 13.2 Å². The van der Waals surface area contributed by atoms with E-state index in [1.54, 1.807) is 6.07 Å². The molecule has 0 amide bonds. The zero-order chi connectivity index (χ0) is 18.6. The first-order chi connectivity index (χ1) is 12.5. The molecule has 1 aliphatic heterocycles. The quantitative estimate of drug-likeness (QED) is 0.734. The fourth-order valence-corrected chi connectivity index (χ4v) is 4.15. The van der Waals surface area contributed by atoms with Gasteiger partial charge in [0.25, 0.3) is 0 Å². The first kappa shape index (κ1) is 19.5. The maximum Gasteiger partial charge on any atom is 0.242 e. The second kappa shape index (κ2) is 8.65. The second-order valence-corrected chi connectivity index (χ2v) is 8.48. The number of sulfonamides is 1. The number of benzene rings is 1. The average molecular weight is 416 g/mol. The van der Waals surface area contributed by atoms with Gasteiger partial charge in [-0.1, -0.05) is 35.3 Å². The molecule has 1 fully saturated rings. The number of nitrogens with one attached hydrogen (secondary N) is 1. The Balaban J connectivity index is 1.80. The summed E-state index contributed by atoms with van der Waals surface area (Å²) < 4.78 is 33.2. The molecule has 1 unspecified atom stereocenters. The normalized spacial score (nSPS) is 17.2. The van der Waals surface area contributed by atoms with Crippen molar-refractivity contribution in [2.45, 2.75) is 10.9 Å². The highest BCUT2D eigenvalue weighted by atomic mass is 35.5. The smallest absolute Gasteiger partial charge is 0.242 e. The van der Waals surface area contributed by atoms with E-state index in [0.717, 1.165) is 18.7 Å². The highest BCUT2D eigenvalue weighted by molar-refractivity contribution is 7.89. The molecule has 9 heteroatoms. The number of ether oxygens (including phenoxy) is 1. The summed E-state index contributed by atoms with van der Waals surface area (Å²) in [6.07, 6.45) is 1.24. The first-order valence-corrected chi connectivity index (χ1v) is 10.4. The molecule has 0 spiro atoms. The lowest BCUT2D eigenvalue weighted by Gasteiger charge is -2.35. The lowest BCUT2D eigenvalue weighted by atomic mass is 10.1. The fourth-order valence-electron chi connectivity index (χ4n) is 2.85. The Morgan fingerprint density at radius 1 is 1.19 bits per heavy atom. The van der Waals surface area contributed by atoms with Crippen molar-refractivity contribution in [2.75, 3.05) is 32.8 Å². The van der Waals surface area contributed by atoms with Gasteiger partial charge in [0.1, 0.15) is 10.0 Å². The van der Waals surface area contributed by atoms with Crippen LogP contribution in [0.1, 0.15) is 11.6 Å². The predicted molar refractivity (Wildman–Crippen MR) is 101 cm³/mol. The van der Waals surface area contributed by atoms with Crippen LogP contribution in [-0.2, 0) is 14.8 Å². The van der Waals surface area contributed by atoms with Crippen molar-refractivity contribution in [1.82, 2.24) is 14.6 Å². The van der Waals surface area contributed by atoms with Gasteiger partial charge in [0, 0.05) is 36.9 Å². The third-order valence-corrected chi connectivity index (χ3v) is 6.06. The van der Waals surface area contributed by atoms with E-state index >= 15 is 0 Å². The van der Waals surface area contributed by atoms with Crippen LogP contribution < -0.4 is 4.72 Å². The van der Waals surface area contributed by atoms with E-state index in [-0.39, 0.29) is 22.6 Å². The van der Waals surface area contributed by atoms with E-state index in [1.165, 1.54) is 18.3 Å². The van der Waals surface area contributed by atoms with Crippen molar-refractivity contribution in [2.24, 2.45) is 0 Å². The summed E-state index contributed by atoms with van der Waals surface area (Å²) in [4.78, 5) is 6.10. The molecule has 0 bridgehead atoms. The molecule has 0 radical (unpaired) electrons. The standard InChI is InChI=1S/C17H19Cl2N3O3S/c18-14-3-1-2-13(10-14)16(22-6-8-25-9-7-22)12-21-26(23,24)15-4-5-17(19)20-11-15/h1-5,10-11,16,21H,6-9,12H2. The summed E-state index contributed by atoms with van der Waals surface area (Å²) in [6, 6.07) is 10.2. The molecule has 1 aliphatic rings. The molecule has 0 saturated carbocycles. The summed E-state index contributed by atoms with van der Waals surface area (Å²) in [6.45, 7) is 2.89. The Hall–Kier alpha value is -1.22. The highest BCUT2D eigenvalue weighted by Gasteiger charge is 2.25. The lowest BCUT2D eigenvalue weighted by molar-refractivity contribution is 0.0172. The van der Waals surface area contributed by atoms with Crippen molar-refractivity contribution in [3.8, 4) is 0 Å². The number of hydrogen-bond acceptors (Lipinski definition) is 5. The Labute approximate surface area is 163 Å². The molecule has 1 aromatic heterocycles. The predicted octanol–water partition coefficient (Wildman–Crippen LogP) is 2.74. The van der Waals surface area contributed by atoms with Crippen molar-refractivity contribution in [3.63, 3.8) is 0 Å². The lowest BCUT2D eigenvalue weighted by Crippen LogP contribution is -2.43. The zero-order valence-electron chi connectivity index (χ0n) is 13.9. The van der Waals surface area contributed by atoms with Crippen LogP contribution in [0.2, 0.25) is 10.2 Å². The number of aromatic nitrogens is 1. The van der Waals surface area contributed by atoms with Gasteiger partial charge in [-0.25, -0.2) is 18.1 Å². The van der Waals surface area contributed by atoms with Crippen molar-refractivity contribution in [1.29, 1.82) is 0 Å². The van der Waals surface area contributed by atoms with Gasteiger partial charge in [-0.2, -0.15) is 0 Å². The monoisotopic (exact) mass is 415 g/mol. The van der Waals surface area contributed by atoms with E-state index in [1.807, 2.05) is 18.2 Å². The van der Waals surface area contributed by atoms with Gasteiger partial charge in [-0.15, -0.1) is 0 Å². The molecule has 2 heterocycles. The van der Waals surface area contributed by atoms with Crippen molar-refractivity contribution >= 4 is 33.2 Å². The van der Waals surface area contributed by atoms with E-state index < -0.39 is 10.0 Å². The Kier molecular flexibility index (Phi) is 6.50. The van der Waals surface area contributed by atoms with Crippen LogP contribution in [-0.4, -0.2) is 51.1 Å². The van der Waals surface area contributed by atoms with E-state index in [0.29, 0.717) is 18.2 Å². The fraction of sp³-hybridized carbons (Fsp3) is 0.353. The van der Waals surface area contributed by atoms with Crippen LogP contribution in [0.4, 0.5) is 0 Å². The van der Waals surface area contributed by atoms with Gasteiger partial charge in [0.2, 0.25) is 10.0 Å². The van der Waals surface area contributed by atoms with Crippen LogP contribution in [0.15, 0.2) is 47.5 Å². The summed E-state index contributed by atoms with van der Waals surface area (Å²) in [5.74, 6) is 0. The molecule has 6 nitrogen and oxygen atoms in total. The Morgan fingerprint density at radius 2 is 1.96 bits per heavy atom. The molecule has 1 aromatic carbocycles. The topological polar surface area (TPSA) is 71.5 Å². The van der Waals surface area contributed by atoms with Gasteiger partial charge in [-0.05, 0) is 29.8 Å². The molecule has 1 N–H and O–H groups in total. The maximum absolute atomic E-state index is 12.6. The highest BCUT2D eigenvalue weighted by Crippen LogP contribution is 2.24. The number of hydrogen-bond donors (Lipinski definition) is 1. The number of halogens is 2. The number of rotatable bonds is 6. The third kappa shape index (κ3) is 4.94. The van der Waals surface area contributed by atoms with E-state index in [9.17, 15) is 8.42 Å². The molecule has 0 aliphatic carbocycles. The molecule has 3 rings (SSSR count). The summed E-state index contributed by atoms with van der Waals surface area (Å²) in [5, 5.41) is 0.861. The Bertz CT molecular complexity index is 841. The zero-order valence-corrected chi connectivity index (χ0v) is 16.3. The Morgan fingerprint density at radius 3 is 2.62 bits per heavy atom. The van der Waals surface area contributed by atoms with E-state index in [4.69, 9.17) is 27.9 Å². The first-order valence-electron chi connectivity index (χ1n) is 8.14. The number of morpholine rings is 1. The van der Waals surface area contributed by atoms with Gasteiger partial charge >= 0.3 is 0 Å². The van der Waals surface area contributed by atoms with Crippen LogP contribution in [0.25, 0.3) is 0 Å². The van der Waals surface area contributed by atoms with Gasteiger partial charge in [0.05, 0.1) is 13.2 Å². The molecule has 1 atom stereocenters. The summed E-state index contributed by atoms with van der Waals surface area (Å²) in [5.41, 5.74) is 0.955. The molecule has 2 aromatic rings. The van der Waals surface area contributed by atoms with Gasteiger partial charge in [-0.3, -0.25) is 4.90 Å². The maximum atomic E-state index is 12.6. The molecular weight excluding hydrogens is 397 g/mol. The minimum Gasteiger partial charge on any atom is -0.379 e. The third-order valence-electron chi connectivity index (χ3n) is 4.20. The molecule has 140 valence electrons. The minimum absolute atomic E-state index is 0.0775. The van der Waals surface area contributed by atoms with E-state index in [2.05, 4.69) is 14.6 Å². The largest absolute Gasteiger partial charge is 0.379 e. The van der Waals surface area contributed by atoms with Crippen LogP contribution in [0.5, 0.6) is 0 Å². The summed E-state index contributed by atoms with van der Waals surface area (Å²) >= 11 is 11.9. The molecule has 1 saturated heterocycles. The van der Waals surface area contributed by atoms with Crippen LogP contribution in [0, 0.1) is 0 Å². The number of pyridine rings is 1. The van der Waals surface area contributed by atoms with Crippen LogP contribution >= 0.6 is 23.2 Å². The van der Waals surface area contributed by atoms with Crippen LogP contribution in [0.3, 0.4) is 0 Å². The number of nitrogens with zero attached hydrogens (tertiary/aromatic N) is 2. The summed E-state index contributed by atoms with van der Waals surface area (Å²) in [7, 11) is -3.69. The van der Waals surface area contributed by atoms with Gasteiger partial charge in [0.15, 0.2) is 0 Å². The SMILES string of the molecule is O=S(=O)(NCC(c1cccc(Cl)c1)N1CCOCC1)c1ccc(Cl)nc1. The van der Waals surface area contributed by atoms with Gasteiger partial charge < -0.3 is 4.74 Å². The molecule has 26 heavy (non-hydrogen) atoms. The molecular formula is C17H19Cl2N3O3S. The second-order valence-electron chi connectivity index (χ2n) is 5.89. The minimum atomic E-state index is -3.69.